The van der Waals surface area contributed by atoms with Gasteiger partial charge in [-0.05, 0) is 25.5 Å². The lowest BCUT2D eigenvalue weighted by atomic mass is 10.2. The first-order chi connectivity index (χ1) is 6.25. The molecule has 0 radical (unpaired) electrons. The molecular weight excluding hydrogens is 162 g/mol. The smallest absolute Gasteiger partial charge is 0.0731 e. The highest BCUT2D eigenvalue weighted by Crippen LogP contribution is 2.20. The maximum absolute atomic E-state index is 9.37. The summed E-state index contributed by atoms with van der Waals surface area (Å²) in [5.41, 5.74) is 2.51. The Labute approximate surface area is 78.8 Å². The molecule has 1 fully saturated rings. The zero-order chi connectivity index (χ0) is 9.26. The Hall–Kier alpha value is -1.02. The Kier molecular flexibility index (Phi) is 2.23. The molecule has 1 aromatic carbocycles. The van der Waals surface area contributed by atoms with E-state index in [1.807, 2.05) is 0 Å². The molecule has 70 valence electrons. The van der Waals surface area contributed by atoms with E-state index in [9.17, 15) is 5.11 Å². The number of aliphatic hydroxyl groups excluding tert-OH is 1. The monoisotopic (exact) mass is 177 g/mol. The Bertz CT molecular complexity index is 281. The van der Waals surface area contributed by atoms with Crippen LogP contribution in [0.1, 0.15) is 12.0 Å². The number of rotatable bonds is 1. The first-order valence-corrected chi connectivity index (χ1v) is 4.75. The van der Waals surface area contributed by atoms with Gasteiger partial charge >= 0.3 is 0 Å². The molecule has 2 nitrogen and oxygen atoms in total. The van der Waals surface area contributed by atoms with Gasteiger partial charge in [-0.1, -0.05) is 17.7 Å². The van der Waals surface area contributed by atoms with Crippen LogP contribution in [0.3, 0.4) is 0 Å². The number of anilines is 1. The van der Waals surface area contributed by atoms with E-state index in [0.717, 1.165) is 19.5 Å². The molecule has 1 heterocycles. The fourth-order valence-electron chi connectivity index (χ4n) is 1.73. The van der Waals surface area contributed by atoms with Crippen LogP contribution in [0.2, 0.25) is 0 Å². The second kappa shape index (κ2) is 3.38. The minimum Gasteiger partial charge on any atom is -0.391 e. The largest absolute Gasteiger partial charge is 0.391 e. The van der Waals surface area contributed by atoms with Crippen molar-refractivity contribution in [1.29, 1.82) is 0 Å². The van der Waals surface area contributed by atoms with Crippen molar-refractivity contribution in [2.24, 2.45) is 0 Å². The first-order valence-electron chi connectivity index (χ1n) is 4.75. The van der Waals surface area contributed by atoms with E-state index in [0.29, 0.717) is 0 Å². The van der Waals surface area contributed by atoms with Gasteiger partial charge in [0, 0.05) is 18.8 Å². The van der Waals surface area contributed by atoms with E-state index in [4.69, 9.17) is 0 Å². The third-order valence-corrected chi connectivity index (χ3v) is 2.56. The van der Waals surface area contributed by atoms with Gasteiger partial charge in [-0.2, -0.15) is 0 Å². The standard InChI is InChI=1S/C11H15NO/c1-9-2-4-10(5-3-9)12-7-6-11(13)8-12/h2-5,11,13H,6-8H2,1H3/t11-/m1/s1. The highest BCUT2D eigenvalue weighted by Gasteiger charge is 2.19. The average molecular weight is 177 g/mol. The molecule has 0 unspecified atom stereocenters. The molecule has 1 atom stereocenters. The van der Waals surface area contributed by atoms with Crippen LogP contribution < -0.4 is 4.90 Å². The van der Waals surface area contributed by atoms with Crippen molar-refractivity contribution < 1.29 is 5.11 Å². The summed E-state index contributed by atoms with van der Waals surface area (Å²) in [6.45, 7) is 3.84. The van der Waals surface area contributed by atoms with Gasteiger partial charge in [0.15, 0.2) is 0 Å². The van der Waals surface area contributed by atoms with E-state index in [2.05, 4.69) is 36.1 Å². The predicted octanol–water partition coefficient (Wildman–Crippen LogP) is 1.57. The molecule has 1 saturated heterocycles. The maximum Gasteiger partial charge on any atom is 0.0731 e. The Morgan fingerprint density at radius 2 is 2.00 bits per heavy atom. The van der Waals surface area contributed by atoms with Gasteiger partial charge in [0.2, 0.25) is 0 Å². The molecule has 0 amide bonds. The second-order valence-electron chi connectivity index (χ2n) is 3.72. The van der Waals surface area contributed by atoms with E-state index < -0.39 is 0 Å². The first kappa shape index (κ1) is 8.57. The van der Waals surface area contributed by atoms with Gasteiger partial charge in [-0.15, -0.1) is 0 Å². The number of hydrogen-bond donors (Lipinski definition) is 1. The van der Waals surface area contributed by atoms with Gasteiger partial charge in [0.25, 0.3) is 0 Å². The van der Waals surface area contributed by atoms with Gasteiger partial charge in [-0.3, -0.25) is 0 Å². The zero-order valence-electron chi connectivity index (χ0n) is 7.90. The molecule has 0 spiro atoms. The zero-order valence-corrected chi connectivity index (χ0v) is 7.90. The Morgan fingerprint density at radius 3 is 2.54 bits per heavy atom. The summed E-state index contributed by atoms with van der Waals surface area (Å²) in [6.07, 6.45) is 0.759. The minimum absolute atomic E-state index is 0.138. The maximum atomic E-state index is 9.37. The van der Waals surface area contributed by atoms with E-state index in [1.54, 1.807) is 0 Å². The highest BCUT2D eigenvalue weighted by atomic mass is 16.3. The number of hydrogen-bond acceptors (Lipinski definition) is 2. The molecule has 13 heavy (non-hydrogen) atoms. The summed E-state index contributed by atoms with van der Waals surface area (Å²) >= 11 is 0. The molecule has 1 aliphatic rings. The predicted molar refractivity (Wildman–Crippen MR) is 54.0 cm³/mol. The van der Waals surface area contributed by atoms with Crippen LogP contribution >= 0.6 is 0 Å². The van der Waals surface area contributed by atoms with E-state index in [-0.39, 0.29) is 6.10 Å². The van der Waals surface area contributed by atoms with Gasteiger partial charge in [0.1, 0.15) is 0 Å². The van der Waals surface area contributed by atoms with E-state index >= 15 is 0 Å². The molecule has 0 saturated carbocycles. The van der Waals surface area contributed by atoms with Crippen LogP contribution in [0.5, 0.6) is 0 Å². The lowest BCUT2D eigenvalue weighted by Gasteiger charge is -2.17. The van der Waals surface area contributed by atoms with Crippen LogP contribution in [0.15, 0.2) is 24.3 Å². The van der Waals surface area contributed by atoms with Crippen LogP contribution in [0, 0.1) is 6.92 Å². The summed E-state index contributed by atoms with van der Waals surface area (Å²) in [6, 6.07) is 8.46. The van der Waals surface area contributed by atoms with Crippen molar-refractivity contribution in [3.8, 4) is 0 Å². The summed E-state index contributed by atoms with van der Waals surface area (Å²) in [5, 5.41) is 9.37. The van der Waals surface area contributed by atoms with Crippen LogP contribution in [-0.2, 0) is 0 Å². The number of benzene rings is 1. The summed E-state index contributed by atoms with van der Waals surface area (Å²) < 4.78 is 0. The lowest BCUT2D eigenvalue weighted by molar-refractivity contribution is 0.198. The lowest BCUT2D eigenvalue weighted by Crippen LogP contribution is -2.20. The average Bonchev–Trinajstić information content (AvgIpc) is 2.53. The van der Waals surface area contributed by atoms with Crippen molar-refractivity contribution in [2.75, 3.05) is 18.0 Å². The summed E-state index contributed by atoms with van der Waals surface area (Å²) in [5.74, 6) is 0. The number of β-amino-alcohol motifs (C(OH)–C–C–N with tert-alkyl or cyclic N) is 1. The van der Waals surface area contributed by atoms with Crippen LogP contribution in [-0.4, -0.2) is 24.3 Å². The third kappa shape index (κ3) is 1.83. The second-order valence-corrected chi connectivity index (χ2v) is 3.72. The molecule has 1 N–H and O–H groups in total. The molecule has 1 aromatic rings. The van der Waals surface area contributed by atoms with Crippen molar-refractivity contribution >= 4 is 5.69 Å². The van der Waals surface area contributed by atoms with Gasteiger partial charge < -0.3 is 10.0 Å². The van der Waals surface area contributed by atoms with Crippen molar-refractivity contribution in [1.82, 2.24) is 0 Å². The third-order valence-electron chi connectivity index (χ3n) is 2.56. The van der Waals surface area contributed by atoms with E-state index in [1.165, 1.54) is 11.3 Å². The topological polar surface area (TPSA) is 23.5 Å². The van der Waals surface area contributed by atoms with Crippen molar-refractivity contribution in [2.45, 2.75) is 19.4 Å². The van der Waals surface area contributed by atoms with Crippen LogP contribution in [0.4, 0.5) is 5.69 Å². The molecule has 2 heteroatoms. The SMILES string of the molecule is Cc1ccc(N2CC[C@@H](O)C2)cc1. The van der Waals surface area contributed by atoms with Gasteiger partial charge in [0.05, 0.1) is 6.10 Å². The minimum atomic E-state index is -0.138. The number of nitrogens with zero attached hydrogens (tertiary/aromatic N) is 1. The Morgan fingerprint density at radius 1 is 1.31 bits per heavy atom. The molecule has 2 rings (SSSR count). The molecule has 1 aliphatic heterocycles. The van der Waals surface area contributed by atoms with Crippen molar-refractivity contribution in [3.63, 3.8) is 0 Å². The fourth-order valence-corrected chi connectivity index (χ4v) is 1.73. The van der Waals surface area contributed by atoms with Crippen molar-refractivity contribution in [3.05, 3.63) is 29.8 Å². The summed E-state index contributed by atoms with van der Waals surface area (Å²) in [7, 11) is 0. The summed E-state index contributed by atoms with van der Waals surface area (Å²) in [4.78, 5) is 2.23. The number of aliphatic hydroxyl groups is 1. The molecule has 0 aromatic heterocycles. The highest BCUT2D eigenvalue weighted by molar-refractivity contribution is 5.48. The normalized spacial score (nSPS) is 22.3. The fraction of sp³-hybridized carbons (Fsp3) is 0.455. The van der Waals surface area contributed by atoms with Crippen LogP contribution in [0.25, 0.3) is 0 Å². The molecule has 0 bridgehead atoms. The quantitative estimate of drug-likeness (QED) is 0.703. The molecule has 0 aliphatic carbocycles. The Balaban J connectivity index is 2.13. The number of aryl methyl sites for hydroxylation is 1. The van der Waals surface area contributed by atoms with Gasteiger partial charge in [-0.25, -0.2) is 0 Å². The molecular formula is C11H15NO.